The minimum atomic E-state index is -4.52. The maximum absolute atomic E-state index is 13.2. The summed E-state index contributed by atoms with van der Waals surface area (Å²) >= 11 is 11.7. The van der Waals surface area contributed by atoms with Crippen molar-refractivity contribution >= 4 is 38.9 Å². The summed E-state index contributed by atoms with van der Waals surface area (Å²) in [6.07, 6.45) is -2.84. The third kappa shape index (κ3) is 4.17. The van der Waals surface area contributed by atoms with Gasteiger partial charge in [0.2, 0.25) is 0 Å². The first kappa shape index (κ1) is 20.2. The number of anilines is 1. The van der Waals surface area contributed by atoms with Gasteiger partial charge in [-0.05, 0) is 43.2 Å². The standard InChI is InChI=1S/C17H15Cl2F3N2O2S/c18-14-4-3-12(10-15(14)19)27(25,26)11-5-8-24(9-6-11)16-13(17(20,21)22)2-1-7-23-16/h1-4,7,10-11H,5-6,8-9H2. The number of rotatable bonds is 3. The molecule has 1 aromatic heterocycles. The number of piperidine rings is 1. The van der Waals surface area contributed by atoms with Gasteiger partial charge in [0, 0.05) is 19.3 Å². The summed E-state index contributed by atoms with van der Waals surface area (Å²) in [4.78, 5) is 5.40. The lowest BCUT2D eigenvalue weighted by Crippen LogP contribution is -2.40. The quantitative estimate of drug-likeness (QED) is 0.686. The molecule has 0 radical (unpaired) electrons. The number of alkyl halides is 3. The first-order chi connectivity index (χ1) is 12.6. The SMILES string of the molecule is O=S(=O)(c1ccc(Cl)c(Cl)c1)C1CCN(c2ncccc2C(F)(F)F)CC1. The molecule has 4 nitrogen and oxygen atoms in total. The summed E-state index contributed by atoms with van der Waals surface area (Å²) in [5, 5.41) is -0.317. The van der Waals surface area contributed by atoms with Gasteiger partial charge in [0.1, 0.15) is 5.82 Å². The Morgan fingerprint density at radius 3 is 2.33 bits per heavy atom. The van der Waals surface area contributed by atoms with Crippen LogP contribution in [0, 0.1) is 0 Å². The maximum atomic E-state index is 13.2. The lowest BCUT2D eigenvalue weighted by Gasteiger charge is -2.33. The number of hydrogen-bond acceptors (Lipinski definition) is 4. The molecule has 1 aromatic carbocycles. The molecular formula is C17H15Cl2F3N2O2S. The monoisotopic (exact) mass is 438 g/mol. The molecule has 2 aromatic rings. The van der Waals surface area contributed by atoms with Crippen LogP contribution in [0.4, 0.5) is 19.0 Å². The number of nitrogens with zero attached hydrogens (tertiary/aromatic N) is 2. The number of halogens is 5. The molecule has 1 aliphatic heterocycles. The van der Waals surface area contributed by atoms with E-state index >= 15 is 0 Å². The zero-order chi connectivity index (χ0) is 19.8. The molecule has 0 spiro atoms. The summed E-state index contributed by atoms with van der Waals surface area (Å²) in [7, 11) is -3.66. The minimum Gasteiger partial charge on any atom is -0.356 e. The number of benzene rings is 1. The highest BCUT2D eigenvalue weighted by molar-refractivity contribution is 7.92. The highest BCUT2D eigenvalue weighted by atomic mass is 35.5. The molecule has 10 heteroatoms. The van der Waals surface area contributed by atoms with Crippen LogP contribution >= 0.6 is 23.2 Å². The van der Waals surface area contributed by atoms with Crippen LogP contribution in [0.15, 0.2) is 41.4 Å². The normalized spacial score (nSPS) is 16.6. The smallest absolute Gasteiger partial charge is 0.356 e. The summed E-state index contributed by atoms with van der Waals surface area (Å²) in [5.41, 5.74) is -0.823. The Bertz CT molecular complexity index is 943. The highest BCUT2D eigenvalue weighted by Crippen LogP contribution is 2.37. The molecule has 27 heavy (non-hydrogen) atoms. The number of sulfone groups is 1. The van der Waals surface area contributed by atoms with Crippen molar-refractivity contribution in [1.82, 2.24) is 4.98 Å². The molecule has 0 bridgehead atoms. The molecule has 1 fully saturated rings. The Hall–Kier alpha value is -1.51. The third-order valence-electron chi connectivity index (χ3n) is 4.49. The van der Waals surface area contributed by atoms with Gasteiger partial charge in [-0.3, -0.25) is 0 Å². The van der Waals surface area contributed by atoms with Crippen molar-refractivity contribution in [2.75, 3.05) is 18.0 Å². The lowest BCUT2D eigenvalue weighted by molar-refractivity contribution is -0.137. The van der Waals surface area contributed by atoms with E-state index in [1.54, 1.807) is 0 Å². The van der Waals surface area contributed by atoms with Gasteiger partial charge < -0.3 is 4.90 Å². The fourth-order valence-corrected chi connectivity index (χ4v) is 5.21. The molecule has 1 aliphatic rings. The summed E-state index contributed by atoms with van der Waals surface area (Å²) in [6.45, 7) is 0.316. The Kier molecular flexibility index (Phi) is 5.61. The van der Waals surface area contributed by atoms with Crippen LogP contribution < -0.4 is 4.90 Å². The zero-order valence-electron chi connectivity index (χ0n) is 13.9. The van der Waals surface area contributed by atoms with Crippen LogP contribution in [-0.4, -0.2) is 31.7 Å². The first-order valence-electron chi connectivity index (χ1n) is 8.07. The molecule has 0 N–H and O–H groups in total. The molecule has 146 valence electrons. The van der Waals surface area contributed by atoms with Gasteiger partial charge in [-0.25, -0.2) is 13.4 Å². The number of aromatic nitrogens is 1. The largest absolute Gasteiger partial charge is 0.419 e. The third-order valence-corrected chi connectivity index (χ3v) is 7.49. The molecule has 0 saturated carbocycles. The molecule has 3 rings (SSSR count). The van der Waals surface area contributed by atoms with Gasteiger partial charge in [-0.1, -0.05) is 23.2 Å². The van der Waals surface area contributed by atoms with E-state index in [-0.39, 0.29) is 46.7 Å². The average molecular weight is 439 g/mol. The first-order valence-corrected chi connectivity index (χ1v) is 10.4. The maximum Gasteiger partial charge on any atom is 0.419 e. The van der Waals surface area contributed by atoms with Crippen molar-refractivity contribution in [3.63, 3.8) is 0 Å². The number of pyridine rings is 1. The highest BCUT2D eigenvalue weighted by Gasteiger charge is 2.38. The van der Waals surface area contributed by atoms with E-state index in [1.165, 1.54) is 35.4 Å². The summed E-state index contributed by atoms with van der Waals surface area (Å²) < 4.78 is 65.1. The molecule has 2 heterocycles. The van der Waals surface area contributed by atoms with Crippen molar-refractivity contribution < 1.29 is 21.6 Å². The van der Waals surface area contributed by atoms with Gasteiger partial charge in [0.05, 0.1) is 25.8 Å². The average Bonchev–Trinajstić information content (AvgIpc) is 2.63. The van der Waals surface area contributed by atoms with Gasteiger partial charge in [0.15, 0.2) is 9.84 Å². The van der Waals surface area contributed by atoms with Crippen LogP contribution in [0.3, 0.4) is 0 Å². The second kappa shape index (κ2) is 7.48. The van der Waals surface area contributed by atoms with Crippen LogP contribution in [0.5, 0.6) is 0 Å². The van der Waals surface area contributed by atoms with E-state index in [0.717, 1.165) is 6.07 Å². The van der Waals surface area contributed by atoms with Gasteiger partial charge in [-0.2, -0.15) is 13.2 Å². The zero-order valence-corrected chi connectivity index (χ0v) is 16.2. The molecule has 0 amide bonds. The van der Waals surface area contributed by atoms with E-state index in [9.17, 15) is 21.6 Å². The molecular weight excluding hydrogens is 424 g/mol. The van der Waals surface area contributed by atoms with E-state index in [2.05, 4.69) is 4.98 Å². The number of hydrogen-bond donors (Lipinski definition) is 0. The van der Waals surface area contributed by atoms with Crippen LogP contribution in [0.2, 0.25) is 10.0 Å². The minimum absolute atomic E-state index is 0.0594. The Labute approximate surface area is 164 Å². The van der Waals surface area contributed by atoms with E-state index in [1.807, 2.05) is 0 Å². The van der Waals surface area contributed by atoms with Crippen molar-refractivity contribution in [1.29, 1.82) is 0 Å². The van der Waals surface area contributed by atoms with Crippen molar-refractivity contribution in [3.8, 4) is 0 Å². The Morgan fingerprint density at radius 1 is 1.07 bits per heavy atom. The van der Waals surface area contributed by atoms with Gasteiger partial charge in [-0.15, -0.1) is 0 Å². The fraction of sp³-hybridized carbons (Fsp3) is 0.353. The van der Waals surface area contributed by atoms with E-state index in [0.29, 0.717) is 0 Å². The Morgan fingerprint density at radius 2 is 1.74 bits per heavy atom. The fourth-order valence-electron chi connectivity index (χ4n) is 3.09. The van der Waals surface area contributed by atoms with Gasteiger partial charge >= 0.3 is 6.18 Å². The lowest BCUT2D eigenvalue weighted by atomic mass is 10.1. The summed E-state index contributed by atoms with van der Waals surface area (Å²) in [5.74, 6) is -0.171. The van der Waals surface area contributed by atoms with Crippen molar-refractivity contribution in [2.45, 2.75) is 29.2 Å². The predicted octanol–water partition coefficient (Wildman–Crippen LogP) is 4.85. The van der Waals surface area contributed by atoms with E-state index in [4.69, 9.17) is 23.2 Å². The van der Waals surface area contributed by atoms with Crippen LogP contribution in [0.1, 0.15) is 18.4 Å². The van der Waals surface area contributed by atoms with Gasteiger partial charge in [0.25, 0.3) is 0 Å². The van der Waals surface area contributed by atoms with Crippen molar-refractivity contribution in [2.24, 2.45) is 0 Å². The second-order valence-corrected chi connectivity index (χ2v) is 9.22. The van der Waals surface area contributed by atoms with Crippen LogP contribution in [-0.2, 0) is 16.0 Å². The predicted molar refractivity (Wildman–Crippen MR) is 98.1 cm³/mol. The summed E-state index contributed by atoms with van der Waals surface area (Å²) in [6, 6.07) is 6.30. The molecule has 1 saturated heterocycles. The topological polar surface area (TPSA) is 50.3 Å². The molecule has 0 atom stereocenters. The van der Waals surface area contributed by atoms with Crippen molar-refractivity contribution in [3.05, 3.63) is 52.1 Å². The van der Waals surface area contributed by atoms with E-state index < -0.39 is 26.8 Å². The Balaban J connectivity index is 1.79. The van der Waals surface area contributed by atoms with Crippen LogP contribution in [0.25, 0.3) is 0 Å². The second-order valence-electron chi connectivity index (χ2n) is 6.18. The molecule has 0 unspecified atom stereocenters. The molecule has 0 aliphatic carbocycles.